The van der Waals surface area contributed by atoms with E-state index in [2.05, 4.69) is 20.9 Å². The van der Waals surface area contributed by atoms with Gasteiger partial charge in [0.2, 0.25) is 11.8 Å². The van der Waals surface area contributed by atoms with E-state index in [-0.39, 0.29) is 23.6 Å². The van der Waals surface area contributed by atoms with Crippen LogP contribution in [0.3, 0.4) is 0 Å². The normalized spacial score (nSPS) is 10.6. The van der Waals surface area contributed by atoms with Gasteiger partial charge in [-0.2, -0.15) is 0 Å². The number of carbonyl (C=O) groups excluding carboxylic acids is 3. The maximum atomic E-state index is 12.8. The molecule has 3 aromatic rings. The van der Waals surface area contributed by atoms with Crippen molar-refractivity contribution in [2.24, 2.45) is 5.92 Å². The Morgan fingerprint density at radius 1 is 1.00 bits per heavy atom. The second-order valence-corrected chi connectivity index (χ2v) is 7.81. The lowest BCUT2D eigenvalue weighted by molar-refractivity contribution is -0.119. The van der Waals surface area contributed by atoms with Crippen LogP contribution in [0.1, 0.15) is 36.2 Å². The third-order valence-electron chi connectivity index (χ3n) is 4.84. The lowest BCUT2D eigenvalue weighted by Gasteiger charge is -2.13. The molecule has 3 rings (SSSR count). The minimum absolute atomic E-state index is 0.0948. The van der Waals surface area contributed by atoms with E-state index in [9.17, 15) is 14.4 Å². The SMILES string of the molecule is Cc1ccc(NC(=O)C(C)C)cc1NC(=O)c1cccc(NC(=O)CCn2ccnc2)c1. The van der Waals surface area contributed by atoms with Crippen LogP contribution in [0.4, 0.5) is 17.1 Å². The smallest absolute Gasteiger partial charge is 0.255 e. The number of amides is 3. The Kier molecular flexibility index (Phi) is 7.38. The fourth-order valence-corrected chi connectivity index (χ4v) is 2.93. The number of hydrogen-bond acceptors (Lipinski definition) is 4. The molecular formula is C24H27N5O3. The van der Waals surface area contributed by atoms with Gasteiger partial charge in [-0.1, -0.05) is 26.0 Å². The number of aryl methyl sites for hydroxylation is 2. The topological polar surface area (TPSA) is 105 Å². The Hall–Kier alpha value is -3.94. The second-order valence-electron chi connectivity index (χ2n) is 7.81. The van der Waals surface area contributed by atoms with Crippen LogP contribution in [0.5, 0.6) is 0 Å². The van der Waals surface area contributed by atoms with Crippen molar-refractivity contribution in [2.45, 2.75) is 33.7 Å². The van der Waals surface area contributed by atoms with Crippen LogP contribution in [-0.4, -0.2) is 27.3 Å². The van der Waals surface area contributed by atoms with Gasteiger partial charge in [-0.05, 0) is 42.8 Å². The Balaban J connectivity index is 1.64. The van der Waals surface area contributed by atoms with E-state index in [1.54, 1.807) is 55.1 Å². The number of nitrogens with zero attached hydrogens (tertiary/aromatic N) is 2. The summed E-state index contributed by atoms with van der Waals surface area (Å²) >= 11 is 0. The molecule has 0 aliphatic carbocycles. The molecule has 0 aliphatic rings. The number of imidazole rings is 1. The summed E-state index contributed by atoms with van der Waals surface area (Å²) in [5.41, 5.74) is 3.04. The number of anilines is 3. The molecule has 8 heteroatoms. The van der Waals surface area contributed by atoms with E-state index in [4.69, 9.17) is 0 Å². The summed E-state index contributed by atoms with van der Waals surface area (Å²) in [6.45, 7) is 6.03. The first-order valence-corrected chi connectivity index (χ1v) is 10.4. The number of carbonyl (C=O) groups is 3. The van der Waals surface area contributed by atoms with Crippen LogP contribution in [-0.2, 0) is 16.1 Å². The van der Waals surface area contributed by atoms with Gasteiger partial charge in [0.1, 0.15) is 0 Å². The average molecular weight is 434 g/mol. The molecule has 0 aliphatic heterocycles. The van der Waals surface area contributed by atoms with Crippen LogP contribution in [0.2, 0.25) is 0 Å². The molecule has 0 atom stereocenters. The largest absolute Gasteiger partial charge is 0.337 e. The Morgan fingerprint density at radius 2 is 1.78 bits per heavy atom. The van der Waals surface area contributed by atoms with Crippen molar-refractivity contribution in [2.75, 3.05) is 16.0 Å². The molecule has 0 unspecified atom stereocenters. The summed E-state index contributed by atoms with van der Waals surface area (Å²) in [6, 6.07) is 12.1. The third-order valence-corrected chi connectivity index (χ3v) is 4.84. The van der Waals surface area contributed by atoms with Crippen molar-refractivity contribution in [3.8, 4) is 0 Å². The van der Waals surface area contributed by atoms with Crippen molar-refractivity contribution in [3.63, 3.8) is 0 Å². The van der Waals surface area contributed by atoms with E-state index in [0.717, 1.165) is 5.56 Å². The van der Waals surface area contributed by atoms with Gasteiger partial charge in [0.05, 0.1) is 6.33 Å². The molecular weight excluding hydrogens is 406 g/mol. The average Bonchev–Trinajstić information content (AvgIpc) is 3.28. The summed E-state index contributed by atoms with van der Waals surface area (Å²) in [5, 5.41) is 8.53. The second kappa shape index (κ2) is 10.4. The summed E-state index contributed by atoms with van der Waals surface area (Å²) in [6.07, 6.45) is 5.41. The minimum Gasteiger partial charge on any atom is -0.337 e. The molecule has 0 fully saturated rings. The first-order valence-electron chi connectivity index (χ1n) is 10.4. The quantitative estimate of drug-likeness (QED) is 0.498. The molecule has 8 nitrogen and oxygen atoms in total. The molecule has 0 saturated heterocycles. The van der Waals surface area contributed by atoms with E-state index >= 15 is 0 Å². The van der Waals surface area contributed by atoms with Crippen molar-refractivity contribution in [1.82, 2.24) is 9.55 Å². The van der Waals surface area contributed by atoms with Gasteiger partial charge in [-0.15, -0.1) is 0 Å². The molecule has 2 aromatic carbocycles. The zero-order chi connectivity index (χ0) is 23.1. The van der Waals surface area contributed by atoms with Crippen LogP contribution in [0.25, 0.3) is 0 Å². The fraction of sp³-hybridized carbons (Fsp3) is 0.250. The lowest BCUT2D eigenvalue weighted by Crippen LogP contribution is -2.18. The first kappa shape index (κ1) is 22.7. The molecule has 3 N–H and O–H groups in total. The predicted octanol–water partition coefficient (Wildman–Crippen LogP) is 4.07. The van der Waals surface area contributed by atoms with Crippen molar-refractivity contribution < 1.29 is 14.4 Å². The van der Waals surface area contributed by atoms with Crippen LogP contribution >= 0.6 is 0 Å². The number of aromatic nitrogens is 2. The van der Waals surface area contributed by atoms with Crippen LogP contribution < -0.4 is 16.0 Å². The predicted molar refractivity (Wildman–Crippen MR) is 125 cm³/mol. The number of nitrogens with one attached hydrogen (secondary N) is 3. The maximum Gasteiger partial charge on any atom is 0.255 e. The Labute approximate surface area is 187 Å². The molecule has 0 spiro atoms. The minimum atomic E-state index is -0.310. The standard InChI is InChI=1S/C24H27N5O3/c1-16(2)23(31)27-20-8-7-17(3)21(14-20)28-24(32)18-5-4-6-19(13-18)26-22(30)9-11-29-12-10-25-15-29/h4-8,10,12-16H,9,11H2,1-3H3,(H,26,30)(H,27,31)(H,28,32). The zero-order valence-corrected chi connectivity index (χ0v) is 18.4. The summed E-state index contributed by atoms with van der Waals surface area (Å²) < 4.78 is 1.82. The van der Waals surface area contributed by atoms with Gasteiger partial charge >= 0.3 is 0 Å². The fourth-order valence-electron chi connectivity index (χ4n) is 2.93. The molecule has 0 radical (unpaired) electrons. The molecule has 1 aromatic heterocycles. The van der Waals surface area contributed by atoms with E-state index in [1.165, 1.54) is 0 Å². The highest BCUT2D eigenvalue weighted by molar-refractivity contribution is 6.06. The lowest BCUT2D eigenvalue weighted by atomic mass is 10.1. The maximum absolute atomic E-state index is 12.8. The number of hydrogen-bond donors (Lipinski definition) is 3. The summed E-state index contributed by atoms with van der Waals surface area (Å²) in [5.74, 6) is -0.703. The van der Waals surface area contributed by atoms with Crippen molar-refractivity contribution >= 4 is 34.8 Å². The third kappa shape index (κ3) is 6.28. The van der Waals surface area contributed by atoms with Crippen LogP contribution in [0, 0.1) is 12.8 Å². The van der Waals surface area contributed by atoms with Gasteiger partial charge in [-0.25, -0.2) is 4.98 Å². The highest BCUT2D eigenvalue weighted by atomic mass is 16.2. The van der Waals surface area contributed by atoms with E-state index < -0.39 is 0 Å². The zero-order valence-electron chi connectivity index (χ0n) is 18.4. The molecule has 32 heavy (non-hydrogen) atoms. The van der Waals surface area contributed by atoms with Gasteiger partial charge in [-0.3, -0.25) is 14.4 Å². The summed E-state index contributed by atoms with van der Waals surface area (Å²) in [7, 11) is 0. The highest BCUT2D eigenvalue weighted by Crippen LogP contribution is 2.22. The Bertz CT molecular complexity index is 1110. The number of rotatable bonds is 8. The first-order chi connectivity index (χ1) is 15.3. The highest BCUT2D eigenvalue weighted by Gasteiger charge is 2.12. The molecule has 1 heterocycles. The van der Waals surface area contributed by atoms with Crippen molar-refractivity contribution in [3.05, 3.63) is 72.3 Å². The van der Waals surface area contributed by atoms with Crippen LogP contribution in [0.15, 0.2) is 61.2 Å². The van der Waals surface area contributed by atoms with E-state index in [1.807, 2.05) is 31.4 Å². The van der Waals surface area contributed by atoms with Gasteiger partial charge in [0.25, 0.3) is 5.91 Å². The van der Waals surface area contributed by atoms with Crippen molar-refractivity contribution in [1.29, 1.82) is 0 Å². The van der Waals surface area contributed by atoms with Gasteiger partial charge < -0.3 is 20.5 Å². The number of benzene rings is 2. The van der Waals surface area contributed by atoms with E-state index in [0.29, 0.717) is 35.6 Å². The summed E-state index contributed by atoms with van der Waals surface area (Å²) in [4.78, 5) is 40.9. The van der Waals surface area contributed by atoms with Gasteiger partial charge in [0.15, 0.2) is 0 Å². The monoisotopic (exact) mass is 433 g/mol. The molecule has 0 saturated carbocycles. The Morgan fingerprint density at radius 3 is 2.50 bits per heavy atom. The van der Waals surface area contributed by atoms with Gasteiger partial charge in [0, 0.05) is 53.9 Å². The molecule has 3 amide bonds. The molecule has 166 valence electrons. The molecule has 0 bridgehead atoms.